The van der Waals surface area contributed by atoms with Gasteiger partial charge in [0.2, 0.25) is 11.8 Å². The monoisotopic (exact) mass is 422 g/mol. The van der Waals surface area contributed by atoms with Crippen LogP contribution in [0.3, 0.4) is 0 Å². The molecule has 4 rings (SSSR count). The van der Waals surface area contributed by atoms with Crippen LogP contribution >= 0.6 is 0 Å². The highest BCUT2D eigenvalue weighted by atomic mass is 16.2. The van der Waals surface area contributed by atoms with Crippen LogP contribution < -0.4 is 15.9 Å². The Hall–Kier alpha value is -3.62. The molecule has 0 bridgehead atoms. The second-order valence-corrected chi connectivity index (χ2v) is 7.88. The van der Waals surface area contributed by atoms with Gasteiger partial charge in [-0.3, -0.25) is 14.6 Å². The van der Waals surface area contributed by atoms with E-state index in [9.17, 15) is 14.4 Å². The third-order valence-electron chi connectivity index (χ3n) is 5.55. The highest BCUT2D eigenvalue weighted by Gasteiger charge is 2.22. The molecule has 0 spiro atoms. The van der Waals surface area contributed by atoms with Crippen LogP contribution in [0.2, 0.25) is 0 Å². The fourth-order valence-electron chi connectivity index (χ4n) is 3.83. The number of hydrogen-bond acceptors (Lipinski definition) is 5. The number of nitrogens with one attached hydrogen (secondary N) is 3. The molecule has 9 nitrogen and oxygen atoms in total. The molecule has 3 heterocycles. The number of rotatable bonds is 5. The molecular formula is C22H26N6O3. The van der Waals surface area contributed by atoms with E-state index in [1.807, 2.05) is 4.90 Å². The molecule has 0 unspecified atom stereocenters. The van der Waals surface area contributed by atoms with Gasteiger partial charge in [-0.2, -0.15) is 0 Å². The van der Waals surface area contributed by atoms with Gasteiger partial charge in [0.25, 0.3) is 0 Å². The van der Waals surface area contributed by atoms with Crippen molar-refractivity contribution in [2.45, 2.75) is 26.7 Å². The van der Waals surface area contributed by atoms with Crippen LogP contribution in [-0.2, 0) is 9.59 Å². The van der Waals surface area contributed by atoms with E-state index < -0.39 is 0 Å². The van der Waals surface area contributed by atoms with E-state index in [0.29, 0.717) is 30.1 Å². The quantitative estimate of drug-likeness (QED) is 0.581. The van der Waals surface area contributed by atoms with Gasteiger partial charge in [-0.1, -0.05) is 12.1 Å². The predicted octanol–water partition coefficient (Wildman–Crippen LogP) is 1.94. The Morgan fingerprint density at radius 1 is 1.03 bits per heavy atom. The number of aromatic nitrogens is 3. The van der Waals surface area contributed by atoms with Gasteiger partial charge in [0.15, 0.2) is 5.65 Å². The molecule has 1 aliphatic rings. The summed E-state index contributed by atoms with van der Waals surface area (Å²) in [6, 6.07) is 9.69. The van der Waals surface area contributed by atoms with Gasteiger partial charge in [0.05, 0.1) is 5.52 Å². The molecule has 2 aromatic heterocycles. The molecule has 0 radical (unpaired) electrons. The normalized spacial score (nSPS) is 14.1. The van der Waals surface area contributed by atoms with Crippen LogP contribution in [0.1, 0.15) is 24.0 Å². The molecule has 3 aromatic rings. The highest BCUT2D eigenvalue weighted by Crippen LogP contribution is 2.23. The van der Waals surface area contributed by atoms with E-state index in [0.717, 1.165) is 13.1 Å². The van der Waals surface area contributed by atoms with Crippen LogP contribution in [0.25, 0.3) is 11.2 Å². The molecule has 0 saturated carbocycles. The zero-order valence-corrected chi connectivity index (χ0v) is 17.7. The van der Waals surface area contributed by atoms with Crippen LogP contribution in [-0.4, -0.2) is 57.8 Å². The summed E-state index contributed by atoms with van der Waals surface area (Å²) in [5.74, 6) is 0.0311. The molecular weight excluding hydrogens is 396 g/mol. The number of pyridine rings is 1. The number of amides is 2. The topological polar surface area (TPSA) is 114 Å². The number of aryl methyl sites for hydroxylation is 2. The maximum absolute atomic E-state index is 12.6. The second kappa shape index (κ2) is 8.63. The van der Waals surface area contributed by atoms with Crippen molar-refractivity contribution in [1.29, 1.82) is 0 Å². The highest BCUT2D eigenvalue weighted by molar-refractivity contribution is 5.93. The zero-order chi connectivity index (χ0) is 22.0. The summed E-state index contributed by atoms with van der Waals surface area (Å²) in [4.78, 5) is 49.6. The molecule has 31 heavy (non-hydrogen) atoms. The van der Waals surface area contributed by atoms with E-state index in [1.165, 1.54) is 16.8 Å². The van der Waals surface area contributed by atoms with E-state index in [1.54, 1.807) is 12.1 Å². The molecule has 0 atom stereocenters. The average Bonchev–Trinajstić information content (AvgIpc) is 3.13. The van der Waals surface area contributed by atoms with Gasteiger partial charge in [0.1, 0.15) is 5.82 Å². The third-order valence-corrected chi connectivity index (χ3v) is 5.55. The summed E-state index contributed by atoms with van der Waals surface area (Å²) in [7, 11) is 0. The van der Waals surface area contributed by atoms with Crippen molar-refractivity contribution >= 4 is 34.5 Å². The lowest BCUT2D eigenvalue weighted by atomic mass is 10.1. The Morgan fingerprint density at radius 3 is 2.58 bits per heavy atom. The van der Waals surface area contributed by atoms with Crippen molar-refractivity contribution in [2.24, 2.45) is 0 Å². The predicted molar refractivity (Wildman–Crippen MR) is 119 cm³/mol. The Morgan fingerprint density at radius 2 is 1.81 bits per heavy atom. The zero-order valence-electron chi connectivity index (χ0n) is 17.7. The van der Waals surface area contributed by atoms with Crippen molar-refractivity contribution in [3.05, 3.63) is 51.9 Å². The molecule has 2 amide bonds. The fraction of sp³-hybridized carbons (Fsp3) is 0.364. The van der Waals surface area contributed by atoms with Crippen molar-refractivity contribution < 1.29 is 9.59 Å². The van der Waals surface area contributed by atoms with Gasteiger partial charge in [-0.25, -0.2) is 9.78 Å². The smallest absolute Gasteiger partial charge is 0.325 e. The van der Waals surface area contributed by atoms with E-state index >= 15 is 0 Å². The second-order valence-electron chi connectivity index (χ2n) is 7.88. The number of benzene rings is 1. The van der Waals surface area contributed by atoms with Gasteiger partial charge in [-0.15, -0.1) is 0 Å². The molecule has 9 heteroatoms. The van der Waals surface area contributed by atoms with Crippen LogP contribution in [0.15, 0.2) is 35.1 Å². The number of anilines is 2. The summed E-state index contributed by atoms with van der Waals surface area (Å²) in [5, 5.41) is 2.68. The first-order chi connectivity index (χ1) is 14.9. The first kappa shape index (κ1) is 20.6. The number of imidazole rings is 1. The summed E-state index contributed by atoms with van der Waals surface area (Å²) in [6.07, 6.45) is 0.234. The van der Waals surface area contributed by atoms with E-state index in [-0.39, 0.29) is 30.3 Å². The summed E-state index contributed by atoms with van der Waals surface area (Å²) in [6.45, 7) is 7.03. The maximum atomic E-state index is 12.6. The molecule has 1 fully saturated rings. The Labute approximate surface area is 179 Å². The van der Waals surface area contributed by atoms with E-state index in [4.69, 9.17) is 0 Å². The molecule has 0 aliphatic carbocycles. The number of hydrogen-bond donors (Lipinski definition) is 3. The van der Waals surface area contributed by atoms with Crippen molar-refractivity contribution in [3.63, 3.8) is 0 Å². The molecule has 1 aliphatic heterocycles. The van der Waals surface area contributed by atoms with Crippen molar-refractivity contribution in [3.8, 4) is 0 Å². The standard InChI is InChI=1S/C22H26N6O3/c1-14-3-4-15(2)17(13-14)27-9-11-28(12-10-27)20(30)8-7-19(29)24-18-6-5-16-21(25-18)26-22(31)23-16/h3-6,13H,7-12H2,1-2H3,(H3,23,24,25,26,29,31). The molecule has 1 aromatic carbocycles. The number of aromatic amines is 2. The summed E-state index contributed by atoms with van der Waals surface area (Å²) < 4.78 is 0. The third kappa shape index (κ3) is 4.76. The lowest BCUT2D eigenvalue weighted by Crippen LogP contribution is -2.49. The molecule has 162 valence electrons. The summed E-state index contributed by atoms with van der Waals surface area (Å²) >= 11 is 0. The Balaban J connectivity index is 1.26. The van der Waals surface area contributed by atoms with Crippen LogP contribution in [0.4, 0.5) is 11.5 Å². The maximum Gasteiger partial charge on any atom is 0.325 e. The van der Waals surface area contributed by atoms with Crippen LogP contribution in [0.5, 0.6) is 0 Å². The number of H-pyrrole nitrogens is 2. The lowest BCUT2D eigenvalue weighted by Gasteiger charge is -2.37. The van der Waals surface area contributed by atoms with E-state index in [2.05, 4.69) is 57.2 Å². The minimum Gasteiger partial charge on any atom is -0.368 e. The van der Waals surface area contributed by atoms with Crippen molar-refractivity contribution in [1.82, 2.24) is 19.9 Å². The van der Waals surface area contributed by atoms with Gasteiger partial charge < -0.3 is 20.1 Å². The average molecular weight is 422 g/mol. The van der Waals surface area contributed by atoms with Gasteiger partial charge >= 0.3 is 5.69 Å². The summed E-state index contributed by atoms with van der Waals surface area (Å²) in [5.41, 5.74) is 4.27. The Kier molecular flexibility index (Phi) is 5.75. The number of fused-ring (bicyclic) bond motifs is 1. The largest absolute Gasteiger partial charge is 0.368 e. The first-order valence-corrected chi connectivity index (χ1v) is 10.4. The number of carbonyl (C=O) groups excluding carboxylic acids is 2. The minimum absolute atomic E-state index is 0.0193. The van der Waals surface area contributed by atoms with Crippen LogP contribution in [0, 0.1) is 13.8 Å². The lowest BCUT2D eigenvalue weighted by molar-refractivity contribution is -0.133. The van der Waals surface area contributed by atoms with Crippen molar-refractivity contribution in [2.75, 3.05) is 36.4 Å². The van der Waals surface area contributed by atoms with Gasteiger partial charge in [-0.05, 0) is 43.2 Å². The number of carbonyl (C=O) groups is 2. The fourth-order valence-corrected chi connectivity index (χ4v) is 3.83. The first-order valence-electron chi connectivity index (χ1n) is 10.4. The Bertz CT molecular complexity index is 1170. The minimum atomic E-state index is -0.353. The SMILES string of the molecule is Cc1ccc(C)c(N2CCN(C(=O)CCC(=O)Nc3ccc4[nH]c(=O)[nH]c4n3)CC2)c1. The number of nitrogens with zero attached hydrogens (tertiary/aromatic N) is 3. The number of piperazine rings is 1. The molecule has 1 saturated heterocycles. The molecule has 3 N–H and O–H groups in total. The van der Waals surface area contributed by atoms with Gasteiger partial charge in [0, 0.05) is 44.7 Å².